The average Bonchev–Trinajstić information content (AvgIpc) is 3.35. The molecule has 158 valence electrons. The molecule has 0 aliphatic carbocycles. The lowest BCUT2D eigenvalue weighted by molar-refractivity contribution is 0.102. The maximum absolute atomic E-state index is 12.9. The number of anilines is 1. The smallest absolute Gasteiger partial charge is 0.260 e. The molecule has 0 radical (unpaired) electrons. The molecular weight excluding hydrogens is 414 g/mol. The highest BCUT2D eigenvalue weighted by atomic mass is 32.1. The topological polar surface area (TPSA) is 91.2 Å². The highest BCUT2D eigenvalue weighted by Crippen LogP contribution is 2.36. The van der Waals surface area contributed by atoms with Crippen LogP contribution in [-0.4, -0.2) is 39.9 Å². The summed E-state index contributed by atoms with van der Waals surface area (Å²) in [4.78, 5) is 22.7. The third-order valence-corrected chi connectivity index (χ3v) is 5.68. The molecule has 0 fully saturated rings. The van der Waals surface area contributed by atoms with Crippen molar-refractivity contribution < 1.29 is 14.3 Å². The number of pyridine rings is 1. The van der Waals surface area contributed by atoms with Crippen molar-refractivity contribution in [2.45, 2.75) is 13.8 Å². The van der Waals surface area contributed by atoms with Gasteiger partial charge in [-0.1, -0.05) is 6.07 Å². The number of carbonyl (C=O) groups excluding carboxylic acids is 1. The lowest BCUT2D eigenvalue weighted by Gasteiger charge is -2.08. The maximum Gasteiger partial charge on any atom is 0.260 e. The molecule has 4 aromatic rings. The molecule has 0 unspecified atom stereocenters. The van der Waals surface area contributed by atoms with Crippen LogP contribution in [0.3, 0.4) is 0 Å². The third-order valence-electron chi connectivity index (χ3n) is 4.79. The van der Waals surface area contributed by atoms with Crippen molar-refractivity contribution in [2.24, 2.45) is 0 Å². The van der Waals surface area contributed by atoms with Crippen LogP contribution in [0.4, 0.5) is 5.13 Å². The fourth-order valence-electron chi connectivity index (χ4n) is 3.21. The summed E-state index contributed by atoms with van der Waals surface area (Å²) in [6, 6.07) is 11.2. The summed E-state index contributed by atoms with van der Waals surface area (Å²) in [6.45, 7) is 3.79. The van der Waals surface area contributed by atoms with Crippen LogP contribution in [0.15, 0.2) is 48.8 Å². The molecule has 4 rings (SSSR count). The Morgan fingerprint density at radius 3 is 2.61 bits per heavy atom. The van der Waals surface area contributed by atoms with Gasteiger partial charge in [-0.05, 0) is 44.2 Å². The number of hydrogen-bond donors (Lipinski definition) is 1. The molecule has 3 heterocycles. The molecule has 1 N–H and O–H groups in total. The first-order chi connectivity index (χ1) is 15.0. The number of nitrogens with one attached hydrogen (secondary N) is 1. The molecule has 0 spiro atoms. The molecule has 0 atom stereocenters. The van der Waals surface area contributed by atoms with Crippen molar-refractivity contribution in [2.75, 3.05) is 19.5 Å². The Kier molecular flexibility index (Phi) is 5.68. The summed E-state index contributed by atoms with van der Waals surface area (Å²) in [5.74, 6) is 1.65. The van der Waals surface area contributed by atoms with E-state index in [-0.39, 0.29) is 5.91 Å². The number of hydrogen-bond acceptors (Lipinski definition) is 7. The van der Waals surface area contributed by atoms with Crippen LogP contribution in [0.5, 0.6) is 11.5 Å². The number of carbonyl (C=O) groups is 1. The van der Waals surface area contributed by atoms with Gasteiger partial charge in [0.05, 0.1) is 37.4 Å². The SMILES string of the molecule is COc1ccc(-c2nc(NC(=O)c3cnn(-c4ccccn4)c3C)sc2C)cc1OC. The summed E-state index contributed by atoms with van der Waals surface area (Å²) < 4.78 is 12.3. The Balaban J connectivity index is 1.58. The summed E-state index contributed by atoms with van der Waals surface area (Å²) >= 11 is 1.41. The molecule has 3 aromatic heterocycles. The number of rotatable bonds is 6. The number of nitrogens with zero attached hydrogens (tertiary/aromatic N) is 4. The summed E-state index contributed by atoms with van der Waals surface area (Å²) in [6.07, 6.45) is 3.22. The Labute approximate surface area is 183 Å². The number of ether oxygens (including phenoxy) is 2. The monoisotopic (exact) mass is 435 g/mol. The van der Waals surface area contributed by atoms with Crippen molar-refractivity contribution in [3.63, 3.8) is 0 Å². The number of methoxy groups -OCH3 is 2. The quantitative estimate of drug-likeness (QED) is 0.486. The molecule has 0 bridgehead atoms. The van der Waals surface area contributed by atoms with Gasteiger partial charge in [-0.25, -0.2) is 14.6 Å². The second-order valence-electron chi connectivity index (χ2n) is 6.69. The first-order valence-corrected chi connectivity index (χ1v) is 10.3. The highest BCUT2D eigenvalue weighted by molar-refractivity contribution is 7.16. The van der Waals surface area contributed by atoms with E-state index in [1.54, 1.807) is 25.1 Å². The maximum atomic E-state index is 12.9. The first-order valence-electron chi connectivity index (χ1n) is 9.49. The molecule has 0 aliphatic heterocycles. The zero-order valence-electron chi connectivity index (χ0n) is 17.5. The van der Waals surface area contributed by atoms with Gasteiger partial charge < -0.3 is 9.47 Å². The van der Waals surface area contributed by atoms with Crippen LogP contribution >= 0.6 is 11.3 Å². The van der Waals surface area contributed by atoms with Crippen molar-refractivity contribution in [1.29, 1.82) is 0 Å². The van der Waals surface area contributed by atoms with Crippen LogP contribution in [0.1, 0.15) is 20.9 Å². The van der Waals surface area contributed by atoms with E-state index in [9.17, 15) is 4.79 Å². The molecule has 1 aromatic carbocycles. The van der Waals surface area contributed by atoms with Crippen LogP contribution in [0, 0.1) is 13.8 Å². The van der Waals surface area contributed by atoms with Crippen molar-refractivity contribution >= 4 is 22.4 Å². The predicted octanol–water partition coefficient (Wildman–Crippen LogP) is 4.28. The second kappa shape index (κ2) is 8.57. The molecule has 9 heteroatoms. The fourth-order valence-corrected chi connectivity index (χ4v) is 4.04. The number of aromatic nitrogens is 4. The molecule has 31 heavy (non-hydrogen) atoms. The van der Waals surface area contributed by atoms with Gasteiger partial charge in [-0.2, -0.15) is 5.10 Å². The predicted molar refractivity (Wildman–Crippen MR) is 119 cm³/mol. The van der Waals surface area contributed by atoms with Gasteiger partial charge in [0.25, 0.3) is 5.91 Å². The average molecular weight is 436 g/mol. The van der Waals surface area contributed by atoms with Crippen LogP contribution in [0.2, 0.25) is 0 Å². The number of benzene rings is 1. The lowest BCUT2D eigenvalue weighted by Crippen LogP contribution is -2.13. The Hall–Kier alpha value is -3.72. The largest absolute Gasteiger partial charge is 0.493 e. The molecular formula is C22H21N5O3S. The first kappa shape index (κ1) is 20.5. The lowest BCUT2D eigenvalue weighted by atomic mass is 10.1. The summed E-state index contributed by atoms with van der Waals surface area (Å²) in [5, 5.41) is 7.70. The minimum atomic E-state index is -0.271. The van der Waals surface area contributed by atoms with E-state index in [2.05, 4.69) is 20.4 Å². The number of thiazole rings is 1. The van der Waals surface area contributed by atoms with Gasteiger partial charge in [0.1, 0.15) is 0 Å². The van der Waals surface area contributed by atoms with Gasteiger partial charge in [0, 0.05) is 16.6 Å². The van der Waals surface area contributed by atoms with E-state index < -0.39 is 0 Å². The van der Waals surface area contributed by atoms with Crippen LogP contribution in [0.25, 0.3) is 17.1 Å². The molecule has 0 saturated carbocycles. The summed E-state index contributed by atoms with van der Waals surface area (Å²) in [5.41, 5.74) is 2.82. The van der Waals surface area contributed by atoms with E-state index in [1.165, 1.54) is 17.5 Å². The van der Waals surface area contributed by atoms with E-state index >= 15 is 0 Å². The Morgan fingerprint density at radius 2 is 1.90 bits per heavy atom. The molecule has 0 saturated heterocycles. The Morgan fingerprint density at radius 1 is 1.10 bits per heavy atom. The van der Waals surface area contributed by atoms with Crippen molar-refractivity contribution in [1.82, 2.24) is 19.7 Å². The highest BCUT2D eigenvalue weighted by Gasteiger charge is 2.19. The second-order valence-corrected chi connectivity index (χ2v) is 7.89. The van der Waals surface area contributed by atoms with Gasteiger partial charge in [0.15, 0.2) is 22.4 Å². The van der Waals surface area contributed by atoms with Crippen molar-refractivity contribution in [3.8, 4) is 28.6 Å². The van der Waals surface area contributed by atoms with Gasteiger partial charge >= 0.3 is 0 Å². The number of aryl methyl sites for hydroxylation is 1. The van der Waals surface area contributed by atoms with E-state index in [0.29, 0.717) is 33.7 Å². The normalized spacial score (nSPS) is 10.7. The summed E-state index contributed by atoms with van der Waals surface area (Å²) in [7, 11) is 3.19. The zero-order valence-corrected chi connectivity index (χ0v) is 18.4. The third kappa shape index (κ3) is 3.99. The van der Waals surface area contributed by atoms with Gasteiger partial charge in [-0.3, -0.25) is 10.1 Å². The number of amides is 1. The van der Waals surface area contributed by atoms with E-state index in [4.69, 9.17) is 9.47 Å². The Bertz CT molecular complexity index is 1230. The van der Waals surface area contributed by atoms with Crippen molar-refractivity contribution in [3.05, 3.63) is 64.9 Å². The van der Waals surface area contributed by atoms with Gasteiger partial charge in [0.2, 0.25) is 0 Å². The van der Waals surface area contributed by atoms with E-state index in [1.807, 2.05) is 50.2 Å². The molecule has 1 amide bonds. The molecule has 0 aliphatic rings. The fraction of sp³-hybridized carbons (Fsp3) is 0.182. The standard InChI is InChI=1S/C22H21N5O3S/c1-13-16(12-24-27(13)19-7-5-6-10-23-19)21(28)26-22-25-20(14(2)31-22)15-8-9-17(29-3)18(11-15)30-4/h5-12H,1-4H3,(H,25,26,28). The zero-order chi connectivity index (χ0) is 22.0. The van der Waals surface area contributed by atoms with Crippen LogP contribution in [-0.2, 0) is 0 Å². The minimum absolute atomic E-state index is 0.271. The minimum Gasteiger partial charge on any atom is -0.493 e. The van der Waals surface area contributed by atoms with Crippen LogP contribution < -0.4 is 14.8 Å². The van der Waals surface area contributed by atoms with E-state index in [0.717, 1.165) is 16.1 Å². The molecule has 8 nitrogen and oxygen atoms in total. The van der Waals surface area contributed by atoms with Gasteiger partial charge in [-0.15, -0.1) is 11.3 Å².